The van der Waals surface area contributed by atoms with Crippen molar-refractivity contribution in [2.75, 3.05) is 13.2 Å². The minimum Gasteiger partial charge on any atom is -0.466 e. The zero-order valence-electron chi connectivity index (χ0n) is 56.6. The van der Waals surface area contributed by atoms with Crippen molar-refractivity contribution in [3.8, 4) is 0 Å². The third kappa shape index (κ3) is 68.9. The molecule has 0 saturated heterocycles. The van der Waals surface area contributed by atoms with Gasteiger partial charge in [-0.25, -0.2) is 0 Å². The van der Waals surface area contributed by atoms with E-state index in [0.29, 0.717) is 25.9 Å². The molecule has 0 aromatic rings. The number of rotatable bonds is 71. The summed E-state index contributed by atoms with van der Waals surface area (Å²) in [6, 6.07) is -0.539. The highest BCUT2D eigenvalue weighted by Gasteiger charge is 2.20. The second-order valence-electron chi connectivity index (χ2n) is 26.0. The number of hydrogen-bond acceptors (Lipinski definition) is 5. The van der Waals surface area contributed by atoms with Crippen molar-refractivity contribution in [3.05, 3.63) is 48.6 Å². The van der Waals surface area contributed by atoms with Crippen LogP contribution in [0.5, 0.6) is 0 Å². The van der Waals surface area contributed by atoms with E-state index in [1.165, 1.54) is 321 Å². The van der Waals surface area contributed by atoms with Crippen molar-refractivity contribution in [3.63, 3.8) is 0 Å². The minimum absolute atomic E-state index is 0.0116. The molecule has 84 heavy (non-hydrogen) atoms. The molecule has 0 aromatic carbocycles. The van der Waals surface area contributed by atoms with E-state index in [1.54, 1.807) is 0 Å². The van der Waals surface area contributed by atoms with E-state index in [1.807, 2.05) is 0 Å². The van der Waals surface area contributed by atoms with Crippen LogP contribution in [0, 0.1) is 0 Å². The molecule has 0 spiro atoms. The lowest BCUT2D eigenvalue weighted by Gasteiger charge is -2.22. The fourth-order valence-corrected chi connectivity index (χ4v) is 11.8. The summed E-state index contributed by atoms with van der Waals surface area (Å²) in [5, 5.41) is 23.3. The highest BCUT2D eigenvalue weighted by molar-refractivity contribution is 5.76. The van der Waals surface area contributed by atoms with Crippen molar-refractivity contribution in [2.24, 2.45) is 0 Å². The van der Waals surface area contributed by atoms with Crippen molar-refractivity contribution in [2.45, 2.75) is 424 Å². The summed E-state index contributed by atoms with van der Waals surface area (Å²) in [7, 11) is 0. The molecule has 3 N–H and O–H groups in total. The Kier molecular flexibility index (Phi) is 71.4. The fraction of sp³-hybridized carbons (Fsp3) is 0.872. The van der Waals surface area contributed by atoms with Crippen LogP contribution in [0.1, 0.15) is 412 Å². The van der Waals surface area contributed by atoms with E-state index in [-0.39, 0.29) is 18.5 Å². The second-order valence-corrected chi connectivity index (χ2v) is 26.0. The first-order valence-electron chi connectivity index (χ1n) is 37.9. The molecular formula is C78H147NO5. The number of ether oxygens (including phenoxy) is 1. The van der Waals surface area contributed by atoms with E-state index in [4.69, 9.17) is 4.74 Å². The average molecular weight is 1180 g/mol. The molecule has 0 aliphatic rings. The molecule has 0 aromatic heterocycles. The summed E-state index contributed by atoms with van der Waals surface area (Å²) >= 11 is 0. The number of allylic oxidation sites excluding steroid dienone is 8. The Labute approximate surface area is 525 Å². The van der Waals surface area contributed by atoms with Crippen LogP contribution in [0.15, 0.2) is 48.6 Å². The van der Waals surface area contributed by atoms with Crippen molar-refractivity contribution in [1.82, 2.24) is 5.32 Å². The van der Waals surface area contributed by atoms with E-state index >= 15 is 0 Å². The van der Waals surface area contributed by atoms with Crippen LogP contribution in [-0.4, -0.2) is 47.4 Å². The van der Waals surface area contributed by atoms with Crippen LogP contribution >= 0.6 is 0 Å². The largest absolute Gasteiger partial charge is 0.466 e. The zero-order chi connectivity index (χ0) is 60.6. The quantitative estimate of drug-likeness (QED) is 0.0320. The Morgan fingerprint density at radius 1 is 0.333 bits per heavy atom. The van der Waals surface area contributed by atoms with Gasteiger partial charge in [0, 0.05) is 12.8 Å². The maximum atomic E-state index is 12.5. The van der Waals surface area contributed by atoms with Crippen molar-refractivity contribution in [1.29, 1.82) is 0 Å². The maximum Gasteiger partial charge on any atom is 0.305 e. The standard InChI is InChI=1S/C78H147NO5/c1-3-5-7-9-11-13-15-17-18-19-42-45-48-52-56-60-64-68-72-78(83)84-73-69-65-61-57-53-49-46-43-40-38-36-34-32-30-28-26-24-22-20-21-23-25-27-29-31-33-35-37-39-41-44-47-51-55-59-63-67-71-77(82)79-75(74-80)76(81)70-66-62-58-54-50-16-14-12-10-8-6-4-2/h13,15,18-20,22,26,28,75-76,80-81H,3-12,14,16-17,21,23-25,27,29-74H2,1-2H3,(H,79,82)/b15-13-,19-18-,22-20-,28-26-. The third-order valence-electron chi connectivity index (χ3n) is 17.6. The molecule has 6 nitrogen and oxygen atoms in total. The molecular weight excluding hydrogens is 1030 g/mol. The molecule has 2 unspecified atom stereocenters. The lowest BCUT2D eigenvalue weighted by molar-refractivity contribution is -0.143. The fourth-order valence-electron chi connectivity index (χ4n) is 11.8. The number of aliphatic hydroxyl groups is 2. The van der Waals surface area contributed by atoms with Gasteiger partial charge in [-0.1, -0.05) is 358 Å². The van der Waals surface area contributed by atoms with Gasteiger partial charge >= 0.3 is 5.97 Å². The van der Waals surface area contributed by atoms with Crippen molar-refractivity contribution >= 4 is 11.9 Å². The van der Waals surface area contributed by atoms with Gasteiger partial charge in [0.05, 0.1) is 25.4 Å². The van der Waals surface area contributed by atoms with Gasteiger partial charge in [-0.2, -0.15) is 0 Å². The summed E-state index contributed by atoms with van der Waals surface area (Å²) in [6.07, 6.45) is 96.2. The Morgan fingerprint density at radius 2 is 0.595 bits per heavy atom. The summed E-state index contributed by atoms with van der Waals surface area (Å²) < 4.78 is 5.50. The molecule has 0 aliphatic carbocycles. The number of carbonyl (C=O) groups excluding carboxylic acids is 2. The summed E-state index contributed by atoms with van der Waals surface area (Å²) in [5.41, 5.74) is 0. The van der Waals surface area contributed by atoms with Gasteiger partial charge in [-0.05, 0) is 89.9 Å². The van der Waals surface area contributed by atoms with Crippen LogP contribution in [0.4, 0.5) is 0 Å². The minimum atomic E-state index is -0.661. The molecule has 0 rings (SSSR count). The van der Waals surface area contributed by atoms with Gasteiger partial charge in [0.25, 0.3) is 0 Å². The van der Waals surface area contributed by atoms with Gasteiger partial charge in [0.1, 0.15) is 0 Å². The van der Waals surface area contributed by atoms with Gasteiger partial charge < -0.3 is 20.3 Å². The second kappa shape index (κ2) is 73.3. The SMILES string of the molecule is CCCCCC/C=C\C/C=C\CCCCCCCCCC(=O)OCCCCCCCCCCCCCCC/C=C\C/C=C\CCCCCCCCCCCCCCCCCCCC(=O)NC(CO)C(O)CCCCCCCCCCCCCC. The third-order valence-corrected chi connectivity index (χ3v) is 17.6. The summed E-state index contributed by atoms with van der Waals surface area (Å²) in [5.74, 6) is -0.0194. The van der Waals surface area contributed by atoms with Crippen molar-refractivity contribution < 1.29 is 24.5 Å². The van der Waals surface area contributed by atoms with Gasteiger partial charge in [-0.15, -0.1) is 0 Å². The molecule has 0 fully saturated rings. The van der Waals surface area contributed by atoms with E-state index in [9.17, 15) is 19.8 Å². The summed E-state index contributed by atoms with van der Waals surface area (Å²) in [4.78, 5) is 24.6. The number of carbonyl (C=O) groups is 2. The molecule has 0 radical (unpaired) electrons. The predicted molar refractivity (Wildman–Crippen MR) is 370 cm³/mol. The molecule has 0 aliphatic heterocycles. The number of aliphatic hydroxyl groups excluding tert-OH is 2. The number of unbranched alkanes of at least 4 members (excludes halogenated alkanes) is 52. The Morgan fingerprint density at radius 3 is 0.917 bits per heavy atom. The lowest BCUT2D eigenvalue weighted by atomic mass is 10.0. The van der Waals surface area contributed by atoms with Crippen LogP contribution in [-0.2, 0) is 14.3 Å². The first kappa shape index (κ1) is 81.8. The molecule has 6 heteroatoms. The topological polar surface area (TPSA) is 95.9 Å². The number of nitrogens with one attached hydrogen (secondary N) is 1. The Balaban J connectivity index is 3.34. The first-order valence-corrected chi connectivity index (χ1v) is 37.9. The van der Waals surface area contributed by atoms with E-state index in [0.717, 1.165) is 57.8 Å². The van der Waals surface area contributed by atoms with Gasteiger partial charge in [0.2, 0.25) is 5.91 Å². The van der Waals surface area contributed by atoms with Gasteiger partial charge in [-0.3, -0.25) is 9.59 Å². The van der Waals surface area contributed by atoms with Crippen LogP contribution in [0.25, 0.3) is 0 Å². The van der Waals surface area contributed by atoms with E-state index < -0.39 is 12.1 Å². The maximum absolute atomic E-state index is 12.5. The highest BCUT2D eigenvalue weighted by atomic mass is 16.5. The molecule has 2 atom stereocenters. The van der Waals surface area contributed by atoms with E-state index in [2.05, 4.69) is 67.8 Å². The number of amides is 1. The summed E-state index contributed by atoms with van der Waals surface area (Å²) in [6.45, 7) is 4.96. The molecule has 0 heterocycles. The predicted octanol–water partition coefficient (Wildman–Crippen LogP) is 24.8. The van der Waals surface area contributed by atoms with Crippen LogP contribution in [0.3, 0.4) is 0 Å². The zero-order valence-corrected chi connectivity index (χ0v) is 56.6. The highest BCUT2D eigenvalue weighted by Crippen LogP contribution is 2.19. The van der Waals surface area contributed by atoms with Crippen LogP contribution in [0.2, 0.25) is 0 Å². The molecule has 0 saturated carbocycles. The molecule has 1 amide bonds. The average Bonchev–Trinajstić information content (AvgIpc) is 3.51. The smallest absolute Gasteiger partial charge is 0.305 e. The number of esters is 1. The van der Waals surface area contributed by atoms with Crippen LogP contribution < -0.4 is 5.32 Å². The Hall–Kier alpha value is -2.18. The molecule has 494 valence electrons. The number of hydrogen-bond donors (Lipinski definition) is 3. The van der Waals surface area contributed by atoms with Gasteiger partial charge in [0.15, 0.2) is 0 Å². The monoisotopic (exact) mass is 1180 g/mol. The normalized spacial score (nSPS) is 12.8. The Bertz CT molecular complexity index is 1400. The first-order chi connectivity index (χ1) is 41.5. The lowest BCUT2D eigenvalue weighted by Crippen LogP contribution is -2.45. The molecule has 0 bridgehead atoms.